The normalized spacial score (nSPS) is 12.4. The molecular weight excluding hydrogens is 264 g/mol. The number of para-hydroxylation sites is 1. The monoisotopic (exact) mass is 279 g/mol. The van der Waals surface area contributed by atoms with Gasteiger partial charge in [-0.15, -0.1) is 0 Å². The van der Waals surface area contributed by atoms with Crippen LogP contribution < -0.4 is 10.1 Å². The average molecular weight is 279 g/mol. The first-order valence-electron chi connectivity index (χ1n) is 6.19. The van der Waals surface area contributed by atoms with Gasteiger partial charge in [0.25, 0.3) is 0 Å². The van der Waals surface area contributed by atoms with Crippen molar-refractivity contribution in [3.63, 3.8) is 0 Å². The molecule has 1 heterocycles. The van der Waals surface area contributed by atoms with Gasteiger partial charge < -0.3 is 10.1 Å². The van der Waals surface area contributed by atoms with E-state index in [2.05, 4.69) is 20.0 Å². The summed E-state index contributed by atoms with van der Waals surface area (Å²) >= 11 is 0. The fourth-order valence-corrected chi connectivity index (χ4v) is 1.76. The van der Waals surface area contributed by atoms with Crippen LogP contribution in [0.4, 0.5) is 8.78 Å². The van der Waals surface area contributed by atoms with Crippen molar-refractivity contribution >= 4 is 0 Å². The van der Waals surface area contributed by atoms with Gasteiger partial charge in [0.2, 0.25) is 0 Å². The lowest BCUT2D eigenvalue weighted by atomic mass is 10.1. The molecule has 106 valence electrons. The lowest BCUT2D eigenvalue weighted by Crippen LogP contribution is -2.20. The summed E-state index contributed by atoms with van der Waals surface area (Å²) < 4.78 is 29.1. The van der Waals surface area contributed by atoms with Gasteiger partial charge in [-0.25, -0.2) is 0 Å². The number of nitrogens with one attached hydrogen (secondary N) is 1. The van der Waals surface area contributed by atoms with Gasteiger partial charge >= 0.3 is 6.61 Å². The van der Waals surface area contributed by atoms with Crippen LogP contribution >= 0.6 is 0 Å². The number of nitrogens with zero attached hydrogens (tertiary/aromatic N) is 2. The highest BCUT2D eigenvalue weighted by atomic mass is 19.3. The topological polar surface area (TPSA) is 47.0 Å². The van der Waals surface area contributed by atoms with Crippen molar-refractivity contribution in [3.8, 4) is 5.75 Å². The standard InChI is InChI=1S/C14H15F2N3O/c1-10(12-9-17-6-7-18-12)19-8-11-4-2-3-5-13(11)20-14(15)16/h2-7,9-10,14,19H,8H2,1H3. The first-order valence-corrected chi connectivity index (χ1v) is 6.19. The van der Waals surface area contributed by atoms with Crippen LogP contribution in [0.3, 0.4) is 0 Å². The fourth-order valence-electron chi connectivity index (χ4n) is 1.76. The Balaban J connectivity index is 2.00. The Bertz CT molecular complexity index is 537. The predicted molar refractivity (Wildman–Crippen MR) is 70.4 cm³/mol. The molecule has 20 heavy (non-hydrogen) atoms. The second kappa shape index (κ2) is 6.91. The fraction of sp³-hybridized carbons (Fsp3) is 0.286. The third-order valence-electron chi connectivity index (χ3n) is 2.81. The van der Waals surface area contributed by atoms with Gasteiger partial charge in [0, 0.05) is 36.7 Å². The largest absolute Gasteiger partial charge is 0.434 e. The first kappa shape index (κ1) is 14.3. The summed E-state index contributed by atoms with van der Waals surface area (Å²) in [5.41, 5.74) is 1.46. The third kappa shape index (κ3) is 3.96. The molecule has 0 amide bonds. The lowest BCUT2D eigenvalue weighted by Gasteiger charge is -2.15. The molecule has 0 saturated carbocycles. The Morgan fingerprint density at radius 2 is 2.05 bits per heavy atom. The molecular formula is C14H15F2N3O. The Kier molecular flexibility index (Phi) is 4.95. The number of halogens is 2. The number of alkyl halides is 2. The molecule has 4 nitrogen and oxygen atoms in total. The van der Waals surface area contributed by atoms with Crippen LogP contribution in [0.25, 0.3) is 0 Å². The third-order valence-corrected chi connectivity index (χ3v) is 2.81. The van der Waals surface area contributed by atoms with Gasteiger partial charge in [0.15, 0.2) is 0 Å². The quantitative estimate of drug-likeness (QED) is 0.883. The van der Waals surface area contributed by atoms with E-state index in [1.165, 1.54) is 6.07 Å². The maximum atomic E-state index is 12.3. The Labute approximate surface area is 115 Å². The van der Waals surface area contributed by atoms with E-state index in [1.54, 1.807) is 36.8 Å². The predicted octanol–water partition coefficient (Wildman–Crippen LogP) is 2.93. The van der Waals surface area contributed by atoms with E-state index < -0.39 is 6.61 Å². The van der Waals surface area contributed by atoms with Gasteiger partial charge in [0.05, 0.1) is 5.69 Å². The van der Waals surface area contributed by atoms with E-state index in [1.807, 2.05) is 6.92 Å². The molecule has 2 aromatic rings. The van der Waals surface area contributed by atoms with E-state index in [-0.39, 0.29) is 11.8 Å². The molecule has 0 saturated heterocycles. The molecule has 2 rings (SSSR count). The minimum atomic E-state index is -2.83. The van der Waals surface area contributed by atoms with Crippen LogP contribution in [0.15, 0.2) is 42.9 Å². The molecule has 0 aliphatic rings. The van der Waals surface area contributed by atoms with Crippen LogP contribution in [-0.4, -0.2) is 16.6 Å². The molecule has 0 bridgehead atoms. The van der Waals surface area contributed by atoms with Crippen LogP contribution in [0.2, 0.25) is 0 Å². The molecule has 0 radical (unpaired) electrons. The molecule has 0 aliphatic carbocycles. The Hall–Kier alpha value is -2.08. The summed E-state index contributed by atoms with van der Waals surface area (Å²) in [7, 11) is 0. The van der Waals surface area contributed by atoms with E-state index in [0.717, 1.165) is 5.69 Å². The van der Waals surface area contributed by atoms with Gasteiger partial charge in [-0.2, -0.15) is 8.78 Å². The summed E-state index contributed by atoms with van der Waals surface area (Å²) in [6.45, 7) is -0.491. The zero-order valence-electron chi connectivity index (χ0n) is 11.0. The van der Waals surface area contributed by atoms with Gasteiger partial charge in [-0.3, -0.25) is 9.97 Å². The van der Waals surface area contributed by atoms with E-state index in [0.29, 0.717) is 12.1 Å². The van der Waals surface area contributed by atoms with Crippen LogP contribution in [-0.2, 0) is 6.54 Å². The summed E-state index contributed by atoms with van der Waals surface area (Å²) in [5.74, 6) is 0.182. The summed E-state index contributed by atoms with van der Waals surface area (Å²) in [6, 6.07) is 6.67. The zero-order chi connectivity index (χ0) is 14.4. The second-order valence-corrected chi connectivity index (χ2v) is 4.22. The smallest absolute Gasteiger partial charge is 0.387 e. The summed E-state index contributed by atoms with van der Waals surface area (Å²) in [4.78, 5) is 8.18. The van der Waals surface area contributed by atoms with Crippen LogP contribution in [0.1, 0.15) is 24.2 Å². The Morgan fingerprint density at radius 3 is 2.75 bits per heavy atom. The number of aromatic nitrogens is 2. The van der Waals surface area contributed by atoms with Crippen molar-refractivity contribution in [2.24, 2.45) is 0 Å². The first-order chi connectivity index (χ1) is 9.66. The second-order valence-electron chi connectivity index (χ2n) is 4.22. The van der Waals surface area contributed by atoms with E-state index in [4.69, 9.17) is 0 Å². The Morgan fingerprint density at radius 1 is 1.25 bits per heavy atom. The number of hydrogen-bond acceptors (Lipinski definition) is 4. The minimum absolute atomic E-state index is 0.0386. The highest BCUT2D eigenvalue weighted by Gasteiger charge is 2.11. The number of hydrogen-bond donors (Lipinski definition) is 1. The minimum Gasteiger partial charge on any atom is -0.434 e. The van der Waals surface area contributed by atoms with E-state index in [9.17, 15) is 8.78 Å². The van der Waals surface area contributed by atoms with Crippen molar-refractivity contribution in [1.82, 2.24) is 15.3 Å². The van der Waals surface area contributed by atoms with Gasteiger partial charge in [-0.1, -0.05) is 18.2 Å². The zero-order valence-corrected chi connectivity index (χ0v) is 11.0. The molecule has 1 unspecified atom stereocenters. The summed E-state index contributed by atoms with van der Waals surface area (Å²) in [6.07, 6.45) is 4.88. The highest BCUT2D eigenvalue weighted by Crippen LogP contribution is 2.21. The SMILES string of the molecule is CC(NCc1ccccc1OC(F)F)c1cnccn1. The van der Waals surface area contributed by atoms with Crippen molar-refractivity contribution in [1.29, 1.82) is 0 Å². The maximum Gasteiger partial charge on any atom is 0.387 e. The molecule has 1 N–H and O–H groups in total. The van der Waals surface area contributed by atoms with Gasteiger partial charge in [0.1, 0.15) is 5.75 Å². The van der Waals surface area contributed by atoms with Crippen LogP contribution in [0, 0.1) is 0 Å². The lowest BCUT2D eigenvalue weighted by molar-refractivity contribution is -0.0505. The molecule has 0 aliphatic heterocycles. The highest BCUT2D eigenvalue weighted by molar-refractivity contribution is 5.33. The molecule has 0 spiro atoms. The summed E-state index contributed by atoms with van der Waals surface area (Å²) in [5, 5.41) is 3.20. The average Bonchev–Trinajstić information content (AvgIpc) is 2.46. The molecule has 0 fully saturated rings. The molecule has 1 aromatic carbocycles. The molecule has 6 heteroatoms. The molecule has 1 aromatic heterocycles. The van der Waals surface area contributed by atoms with Crippen molar-refractivity contribution in [2.75, 3.05) is 0 Å². The molecule has 1 atom stereocenters. The van der Waals surface area contributed by atoms with Crippen molar-refractivity contribution in [2.45, 2.75) is 26.1 Å². The van der Waals surface area contributed by atoms with Crippen molar-refractivity contribution < 1.29 is 13.5 Å². The van der Waals surface area contributed by atoms with Crippen LogP contribution in [0.5, 0.6) is 5.75 Å². The van der Waals surface area contributed by atoms with Gasteiger partial charge in [-0.05, 0) is 13.0 Å². The number of rotatable bonds is 6. The van der Waals surface area contributed by atoms with E-state index >= 15 is 0 Å². The maximum absolute atomic E-state index is 12.3. The van der Waals surface area contributed by atoms with Crippen molar-refractivity contribution in [3.05, 3.63) is 54.1 Å². The number of ether oxygens (including phenoxy) is 1. The number of benzene rings is 1.